The quantitative estimate of drug-likeness (QED) is 0.525. The molecule has 0 unspecified atom stereocenters. The van der Waals surface area contributed by atoms with Crippen molar-refractivity contribution in [3.05, 3.63) is 0 Å². The van der Waals surface area contributed by atoms with Gasteiger partial charge in [-0.15, -0.1) is 0 Å². The van der Waals surface area contributed by atoms with Crippen LogP contribution in [-0.2, 0) is 0 Å². The molecule has 2 atom stereocenters. The molecule has 0 aromatic carbocycles. The zero-order valence-electron chi connectivity index (χ0n) is 8.22. The third-order valence-electron chi connectivity index (χ3n) is 2.06. The summed E-state index contributed by atoms with van der Waals surface area (Å²) in [6.07, 6.45) is 0.666. The molecule has 0 aromatic heterocycles. The number of rotatable bonds is 1. The van der Waals surface area contributed by atoms with Gasteiger partial charge in [0.15, 0.2) is 0 Å². The van der Waals surface area contributed by atoms with E-state index in [1.165, 1.54) is 0 Å². The molecule has 0 bridgehead atoms. The van der Waals surface area contributed by atoms with Gasteiger partial charge in [0.05, 0.1) is 6.10 Å². The molecule has 0 aliphatic carbocycles. The Morgan fingerprint density at radius 2 is 2.08 bits per heavy atom. The summed E-state index contributed by atoms with van der Waals surface area (Å²) >= 11 is 0. The predicted octanol–water partition coefficient (Wildman–Crippen LogP) is 0.0973. The van der Waals surface area contributed by atoms with Gasteiger partial charge in [0.2, 0.25) is 0 Å². The molecule has 72 valence electrons. The fourth-order valence-corrected chi connectivity index (χ4v) is 1.55. The van der Waals surface area contributed by atoms with E-state index in [0.29, 0.717) is 0 Å². The average Bonchev–Trinajstić information content (AvgIpc) is 1.91. The standard InChI is InChI=1S/C9H20N2O/c1-9(2,3)11-7-6-10-5-4-8(7)12/h7-8,10-12H,4-6H2,1-3H3/t7-,8-/m0/s1. The number of aliphatic hydroxyl groups excluding tert-OH is 1. The second-order valence-electron chi connectivity index (χ2n) is 4.56. The lowest BCUT2D eigenvalue weighted by atomic mass is 10.00. The van der Waals surface area contributed by atoms with Crippen LogP contribution in [0.4, 0.5) is 0 Å². The summed E-state index contributed by atoms with van der Waals surface area (Å²) in [5, 5.41) is 16.3. The van der Waals surface area contributed by atoms with E-state index in [9.17, 15) is 5.11 Å². The van der Waals surface area contributed by atoms with Crippen molar-refractivity contribution in [3.63, 3.8) is 0 Å². The average molecular weight is 172 g/mol. The summed E-state index contributed by atoms with van der Waals surface area (Å²) in [6.45, 7) is 8.17. The van der Waals surface area contributed by atoms with Crippen LogP contribution in [0.1, 0.15) is 27.2 Å². The minimum Gasteiger partial charge on any atom is -0.391 e. The Kier molecular flexibility index (Phi) is 3.09. The van der Waals surface area contributed by atoms with E-state index >= 15 is 0 Å². The first-order valence-electron chi connectivity index (χ1n) is 4.65. The molecule has 1 aliphatic heterocycles. The van der Waals surface area contributed by atoms with Crippen molar-refractivity contribution >= 4 is 0 Å². The minimum absolute atomic E-state index is 0.0880. The van der Waals surface area contributed by atoms with Gasteiger partial charge in [-0.05, 0) is 33.7 Å². The van der Waals surface area contributed by atoms with Crippen molar-refractivity contribution in [2.24, 2.45) is 0 Å². The molecule has 12 heavy (non-hydrogen) atoms. The van der Waals surface area contributed by atoms with Gasteiger partial charge >= 0.3 is 0 Å². The van der Waals surface area contributed by atoms with Crippen LogP contribution >= 0.6 is 0 Å². The van der Waals surface area contributed by atoms with Crippen molar-refractivity contribution in [3.8, 4) is 0 Å². The molecule has 1 rings (SSSR count). The lowest BCUT2D eigenvalue weighted by Gasteiger charge is -2.34. The number of hydrogen-bond donors (Lipinski definition) is 3. The lowest BCUT2D eigenvalue weighted by molar-refractivity contribution is 0.0862. The van der Waals surface area contributed by atoms with E-state index in [4.69, 9.17) is 0 Å². The Balaban J connectivity index is 2.39. The van der Waals surface area contributed by atoms with E-state index < -0.39 is 0 Å². The SMILES string of the molecule is CC(C)(C)N[C@H]1CNCC[C@@H]1O. The smallest absolute Gasteiger partial charge is 0.0717 e. The molecule has 1 fully saturated rings. The van der Waals surface area contributed by atoms with Crippen LogP contribution in [0.15, 0.2) is 0 Å². The highest BCUT2D eigenvalue weighted by molar-refractivity contribution is 4.87. The van der Waals surface area contributed by atoms with Crippen LogP contribution in [0.3, 0.4) is 0 Å². The molecule has 0 aromatic rings. The first-order valence-corrected chi connectivity index (χ1v) is 4.65. The minimum atomic E-state index is -0.189. The number of nitrogens with one attached hydrogen (secondary N) is 2. The zero-order chi connectivity index (χ0) is 9.19. The molecule has 3 nitrogen and oxygen atoms in total. The van der Waals surface area contributed by atoms with Gasteiger partial charge in [-0.2, -0.15) is 0 Å². The number of hydrogen-bond acceptors (Lipinski definition) is 3. The third kappa shape index (κ3) is 3.09. The third-order valence-corrected chi connectivity index (χ3v) is 2.06. The molecule has 3 heteroatoms. The largest absolute Gasteiger partial charge is 0.391 e. The van der Waals surface area contributed by atoms with E-state index in [1.807, 2.05) is 0 Å². The van der Waals surface area contributed by atoms with Crippen molar-refractivity contribution in [2.75, 3.05) is 13.1 Å². The van der Waals surface area contributed by atoms with Crippen LogP contribution in [0.2, 0.25) is 0 Å². The molecule has 1 heterocycles. The predicted molar refractivity (Wildman–Crippen MR) is 50.2 cm³/mol. The van der Waals surface area contributed by atoms with E-state index in [0.717, 1.165) is 19.5 Å². The van der Waals surface area contributed by atoms with Gasteiger partial charge in [-0.1, -0.05) is 0 Å². The molecule has 0 spiro atoms. The maximum atomic E-state index is 9.63. The van der Waals surface area contributed by atoms with E-state index in [1.54, 1.807) is 0 Å². The summed E-state index contributed by atoms with van der Waals surface area (Å²) in [5.74, 6) is 0. The number of aliphatic hydroxyl groups is 1. The second kappa shape index (κ2) is 3.73. The van der Waals surface area contributed by atoms with Crippen molar-refractivity contribution in [1.82, 2.24) is 10.6 Å². The highest BCUT2D eigenvalue weighted by Gasteiger charge is 2.25. The topological polar surface area (TPSA) is 44.3 Å². The second-order valence-corrected chi connectivity index (χ2v) is 4.56. The van der Waals surface area contributed by atoms with Crippen LogP contribution in [0, 0.1) is 0 Å². The van der Waals surface area contributed by atoms with Gasteiger partial charge in [0.25, 0.3) is 0 Å². The molecular weight excluding hydrogens is 152 g/mol. The van der Waals surface area contributed by atoms with Gasteiger partial charge < -0.3 is 15.7 Å². The van der Waals surface area contributed by atoms with E-state index in [-0.39, 0.29) is 17.7 Å². The summed E-state index contributed by atoms with van der Waals surface area (Å²) in [6, 6.07) is 0.207. The van der Waals surface area contributed by atoms with Gasteiger partial charge in [0.1, 0.15) is 0 Å². The Labute approximate surface area is 74.5 Å². The maximum Gasteiger partial charge on any atom is 0.0717 e. The summed E-state index contributed by atoms with van der Waals surface area (Å²) in [7, 11) is 0. The molecule has 0 amide bonds. The molecule has 3 N–H and O–H groups in total. The highest BCUT2D eigenvalue weighted by atomic mass is 16.3. The zero-order valence-corrected chi connectivity index (χ0v) is 8.22. The fourth-order valence-electron chi connectivity index (χ4n) is 1.55. The highest BCUT2D eigenvalue weighted by Crippen LogP contribution is 2.08. The monoisotopic (exact) mass is 172 g/mol. The van der Waals surface area contributed by atoms with Crippen LogP contribution < -0.4 is 10.6 Å². The molecule has 0 radical (unpaired) electrons. The summed E-state index contributed by atoms with van der Waals surface area (Å²) in [4.78, 5) is 0. The molecule has 1 aliphatic rings. The Bertz CT molecular complexity index is 142. The first-order chi connectivity index (χ1) is 5.49. The van der Waals surface area contributed by atoms with Crippen LogP contribution in [0.5, 0.6) is 0 Å². The molecule has 1 saturated heterocycles. The van der Waals surface area contributed by atoms with Crippen LogP contribution in [0.25, 0.3) is 0 Å². The summed E-state index contributed by atoms with van der Waals surface area (Å²) in [5.41, 5.74) is 0.0880. The fraction of sp³-hybridized carbons (Fsp3) is 1.00. The molecular formula is C9H20N2O. The van der Waals surface area contributed by atoms with Gasteiger partial charge in [-0.25, -0.2) is 0 Å². The van der Waals surface area contributed by atoms with Crippen molar-refractivity contribution < 1.29 is 5.11 Å². The van der Waals surface area contributed by atoms with Crippen LogP contribution in [-0.4, -0.2) is 35.9 Å². The van der Waals surface area contributed by atoms with Gasteiger partial charge in [0, 0.05) is 18.1 Å². The summed E-state index contributed by atoms with van der Waals surface area (Å²) < 4.78 is 0. The normalized spacial score (nSPS) is 32.0. The Morgan fingerprint density at radius 1 is 1.42 bits per heavy atom. The lowest BCUT2D eigenvalue weighted by Crippen LogP contribution is -2.57. The van der Waals surface area contributed by atoms with Crippen molar-refractivity contribution in [1.29, 1.82) is 0 Å². The van der Waals surface area contributed by atoms with E-state index in [2.05, 4.69) is 31.4 Å². The number of piperidine rings is 1. The first kappa shape index (κ1) is 9.96. The van der Waals surface area contributed by atoms with Gasteiger partial charge in [-0.3, -0.25) is 0 Å². The molecule has 0 saturated carbocycles. The Morgan fingerprint density at radius 3 is 2.58 bits per heavy atom. The van der Waals surface area contributed by atoms with Crippen molar-refractivity contribution in [2.45, 2.75) is 44.9 Å². The maximum absolute atomic E-state index is 9.63. The Hall–Kier alpha value is -0.120.